The Morgan fingerprint density at radius 1 is 1.17 bits per heavy atom. The van der Waals surface area contributed by atoms with E-state index in [4.69, 9.17) is 26.7 Å². The first-order valence-corrected chi connectivity index (χ1v) is 11.9. The van der Waals surface area contributed by atoms with Gasteiger partial charge >= 0.3 is 0 Å². The molecule has 3 aliphatic heterocycles. The minimum Gasteiger partial charge on any atom is -0.474 e. The first-order valence-electron chi connectivity index (χ1n) is 11.5. The predicted octanol–water partition coefficient (Wildman–Crippen LogP) is 3.66. The van der Waals surface area contributed by atoms with Crippen LogP contribution in [0.1, 0.15) is 11.1 Å². The molecule has 35 heavy (non-hydrogen) atoms. The maximum Gasteiger partial charge on any atom is 0.239 e. The molecular weight excluding hydrogens is 467 g/mol. The fraction of sp³-hybridized carbons (Fsp3) is 0.240. The van der Waals surface area contributed by atoms with Gasteiger partial charge in [0.2, 0.25) is 5.88 Å². The molecule has 176 valence electrons. The monoisotopic (exact) mass is 488 g/mol. The second-order valence-electron chi connectivity index (χ2n) is 8.79. The van der Waals surface area contributed by atoms with Crippen molar-refractivity contribution in [3.8, 4) is 17.1 Å². The lowest BCUT2D eigenvalue weighted by Gasteiger charge is -2.40. The number of benzene rings is 1. The molecule has 10 heteroatoms. The molecule has 0 amide bonds. The summed E-state index contributed by atoms with van der Waals surface area (Å²) in [6.07, 6.45) is 3.46. The number of morpholine rings is 1. The van der Waals surface area contributed by atoms with Crippen LogP contribution in [0.4, 0.5) is 21.6 Å². The van der Waals surface area contributed by atoms with Crippen LogP contribution in [0.5, 0.6) is 5.88 Å². The van der Waals surface area contributed by atoms with Gasteiger partial charge < -0.3 is 25.0 Å². The third-order valence-corrected chi connectivity index (χ3v) is 7.12. The van der Waals surface area contributed by atoms with E-state index in [1.54, 1.807) is 12.4 Å². The van der Waals surface area contributed by atoms with Crippen LogP contribution < -0.4 is 20.3 Å². The van der Waals surface area contributed by atoms with Crippen LogP contribution in [-0.4, -0.2) is 51.8 Å². The zero-order valence-corrected chi connectivity index (χ0v) is 19.4. The average Bonchev–Trinajstić information content (AvgIpc) is 3.48. The highest BCUT2D eigenvalue weighted by Crippen LogP contribution is 2.38. The van der Waals surface area contributed by atoms with Crippen molar-refractivity contribution in [1.82, 2.24) is 19.7 Å². The van der Waals surface area contributed by atoms with Gasteiger partial charge in [-0.15, -0.1) is 0 Å². The normalized spacial score (nSPS) is 18.5. The molecule has 0 spiro atoms. The van der Waals surface area contributed by atoms with Crippen LogP contribution >= 0.6 is 12.2 Å². The Morgan fingerprint density at radius 2 is 2.11 bits per heavy atom. The van der Waals surface area contributed by atoms with Crippen molar-refractivity contribution in [3.63, 3.8) is 0 Å². The summed E-state index contributed by atoms with van der Waals surface area (Å²) < 4.78 is 27.1. The second-order valence-corrected chi connectivity index (χ2v) is 9.20. The number of halogens is 1. The van der Waals surface area contributed by atoms with E-state index in [-0.39, 0.29) is 11.9 Å². The Hall–Kier alpha value is -3.76. The molecule has 1 aromatic carbocycles. The molecule has 3 aliphatic rings. The highest BCUT2D eigenvalue weighted by Gasteiger charge is 2.31. The van der Waals surface area contributed by atoms with Crippen molar-refractivity contribution in [1.29, 1.82) is 0 Å². The van der Waals surface area contributed by atoms with Gasteiger partial charge in [0.15, 0.2) is 0 Å². The van der Waals surface area contributed by atoms with Crippen molar-refractivity contribution in [2.75, 3.05) is 36.6 Å². The standard InChI is InChI=1S/C25H21FN6O2S/c26-14-5-6-32-20(11-27-22(32)9-14)16-1-2-18(23-17(16)10-28-25(23)35)29-21-4-3-19-24(30-21)34-13-15-12-33-8-7-31(15)19/h1-6,9,11,15H,7-8,10,12-13H2,(H,28,35)(H,29,30)/t15-/m0/s1. The number of nitrogens with one attached hydrogen (secondary N) is 2. The third kappa shape index (κ3) is 3.32. The fourth-order valence-corrected chi connectivity index (χ4v) is 5.40. The number of thiocarbonyl (C=S) groups is 1. The van der Waals surface area contributed by atoms with Gasteiger partial charge in [-0.1, -0.05) is 18.3 Å². The highest BCUT2D eigenvalue weighted by atomic mass is 32.1. The van der Waals surface area contributed by atoms with Crippen LogP contribution in [0.15, 0.2) is 48.8 Å². The predicted molar refractivity (Wildman–Crippen MR) is 134 cm³/mol. The van der Waals surface area contributed by atoms with E-state index >= 15 is 0 Å². The Kier molecular flexibility index (Phi) is 4.64. The van der Waals surface area contributed by atoms with Crippen molar-refractivity contribution >= 4 is 40.0 Å². The molecule has 1 atom stereocenters. The van der Waals surface area contributed by atoms with E-state index in [0.29, 0.717) is 48.7 Å². The minimum absolute atomic E-state index is 0.229. The van der Waals surface area contributed by atoms with E-state index in [2.05, 4.69) is 20.5 Å². The molecule has 1 saturated heterocycles. The largest absolute Gasteiger partial charge is 0.474 e. The zero-order valence-electron chi connectivity index (χ0n) is 18.6. The van der Waals surface area contributed by atoms with Crippen LogP contribution in [0.2, 0.25) is 0 Å². The number of rotatable bonds is 3. The summed E-state index contributed by atoms with van der Waals surface area (Å²) in [7, 11) is 0. The number of pyridine rings is 2. The Morgan fingerprint density at radius 3 is 3.06 bits per heavy atom. The molecule has 0 bridgehead atoms. The maximum atomic E-state index is 13.7. The average molecular weight is 489 g/mol. The molecule has 3 aromatic heterocycles. The van der Waals surface area contributed by atoms with Crippen LogP contribution in [0.3, 0.4) is 0 Å². The quantitative estimate of drug-likeness (QED) is 0.424. The van der Waals surface area contributed by atoms with Crippen LogP contribution in [0, 0.1) is 5.82 Å². The van der Waals surface area contributed by atoms with Crippen LogP contribution in [0.25, 0.3) is 16.9 Å². The maximum absolute atomic E-state index is 13.7. The van der Waals surface area contributed by atoms with Gasteiger partial charge in [-0.05, 0) is 29.8 Å². The molecule has 1 fully saturated rings. The summed E-state index contributed by atoms with van der Waals surface area (Å²) in [5.41, 5.74) is 6.31. The van der Waals surface area contributed by atoms with Crippen molar-refractivity contribution in [3.05, 3.63) is 65.7 Å². The van der Waals surface area contributed by atoms with E-state index in [0.717, 1.165) is 40.3 Å². The topological polar surface area (TPSA) is 76.0 Å². The molecule has 2 N–H and O–H groups in total. The summed E-state index contributed by atoms with van der Waals surface area (Å²) in [6.45, 7) is 3.38. The SMILES string of the molecule is Fc1ccn2c(-c3ccc(Nc4ccc5c(n4)OC[C@@H]4COCCN54)c4c3CNC4=S)cnc2c1. The molecule has 0 aliphatic carbocycles. The molecule has 0 saturated carbocycles. The minimum atomic E-state index is -0.312. The summed E-state index contributed by atoms with van der Waals surface area (Å²) in [4.78, 5) is 12.1. The molecule has 8 nitrogen and oxygen atoms in total. The van der Waals surface area contributed by atoms with Gasteiger partial charge in [0.1, 0.15) is 34.6 Å². The van der Waals surface area contributed by atoms with Gasteiger partial charge in [-0.25, -0.2) is 9.37 Å². The van der Waals surface area contributed by atoms with Crippen LogP contribution in [-0.2, 0) is 11.3 Å². The Bertz CT molecular complexity index is 1510. The van der Waals surface area contributed by atoms with E-state index in [9.17, 15) is 4.39 Å². The lowest BCUT2D eigenvalue weighted by molar-refractivity contribution is 0.0693. The summed E-state index contributed by atoms with van der Waals surface area (Å²) in [5.74, 6) is 0.999. The summed E-state index contributed by atoms with van der Waals surface area (Å²) in [5, 5.41) is 6.73. The molecule has 0 radical (unpaired) electrons. The number of hydrogen-bond acceptors (Lipinski definition) is 7. The molecule has 6 heterocycles. The third-order valence-electron chi connectivity index (χ3n) is 6.77. The smallest absolute Gasteiger partial charge is 0.239 e. The number of imidazole rings is 1. The molecule has 0 unspecified atom stereocenters. The number of hydrogen-bond donors (Lipinski definition) is 2. The second kappa shape index (κ2) is 7.89. The van der Waals surface area contributed by atoms with Crippen molar-refractivity contribution in [2.45, 2.75) is 12.6 Å². The van der Waals surface area contributed by atoms with Gasteiger partial charge in [-0.3, -0.25) is 4.40 Å². The van der Waals surface area contributed by atoms with Crippen molar-refractivity contribution < 1.29 is 13.9 Å². The fourth-order valence-electron chi connectivity index (χ4n) is 5.10. The number of fused-ring (bicyclic) bond motifs is 5. The van der Waals surface area contributed by atoms with E-state index in [1.165, 1.54) is 12.1 Å². The van der Waals surface area contributed by atoms with Gasteiger partial charge in [0.05, 0.1) is 36.8 Å². The highest BCUT2D eigenvalue weighted by molar-refractivity contribution is 7.80. The van der Waals surface area contributed by atoms with E-state index < -0.39 is 0 Å². The van der Waals surface area contributed by atoms with Gasteiger partial charge in [-0.2, -0.15) is 4.98 Å². The first kappa shape index (κ1) is 20.6. The number of ether oxygens (including phenoxy) is 2. The Balaban J connectivity index is 1.25. The molecular formula is C25H21FN6O2S. The number of aromatic nitrogens is 3. The van der Waals surface area contributed by atoms with Gasteiger partial charge in [0, 0.05) is 36.5 Å². The molecule has 4 aromatic rings. The summed E-state index contributed by atoms with van der Waals surface area (Å²) in [6, 6.07) is 11.1. The van der Waals surface area contributed by atoms with E-state index in [1.807, 2.05) is 28.7 Å². The zero-order chi connectivity index (χ0) is 23.5. The summed E-state index contributed by atoms with van der Waals surface area (Å²) >= 11 is 5.65. The first-order chi connectivity index (χ1) is 17.2. The lowest BCUT2D eigenvalue weighted by atomic mass is 9.99. The van der Waals surface area contributed by atoms with Gasteiger partial charge in [0.25, 0.3) is 0 Å². The number of anilines is 3. The molecule has 7 rings (SSSR count). The lowest BCUT2D eigenvalue weighted by Crippen LogP contribution is -2.51. The number of nitrogens with zero attached hydrogens (tertiary/aromatic N) is 4. The Labute approximate surface area is 205 Å². The van der Waals surface area contributed by atoms with Crippen molar-refractivity contribution in [2.24, 2.45) is 0 Å².